The first-order valence-electron chi connectivity index (χ1n) is 14.9. The molecule has 1 aromatic carbocycles. The van der Waals surface area contributed by atoms with Gasteiger partial charge in [-0.1, -0.05) is 42.5 Å². The fourth-order valence-electron chi connectivity index (χ4n) is 5.55. The van der Waals surface area contributed by atoms with Gasteiger partial charge in [-0.2, -0.15) is 0 Å². The molecule has 0 spiro atoms. The Morgan fingerprint density at radius 3 is 1.98 bits per heavy atom. The van der Waals surface area contributed by atoms with E-state index >= 15 is 0 Å². The Labute approximate surface area is 267 Å². The van der Waals surface area contributed by atoms with Gasteiger partial charge in [0.15, 0.2) is 37.2 Å². The van der Waals surface area contributed by atoms with Crippen LogP contribution in [0, 0.1) is 0 Å². The zero-order chi connectivity index (χ0) is 33.2. The van der Waals surface area contributed by atoms with E-state index in [1.54, 1.807) is 12.2 Å². The largest absolute Gasteiger partial charge is 0.456 e. The highest BCUT2D eigenvalue weighted by Crippen LogP contribution is 2.37. The molecule has 3 saturated heterocycles. The fraction of sp³-hybridized carbons (Fsp3) is 0.594. The number of esters is 3. The Balaban J connectivity index is 1.59. The first-order valence-corrected chi connectivity index (χ1v) is 14.9. The molecule has 1 aromatic rings. The first kappa shape index (κ1) is 35.6. The van der Waals surface area contributed by atoms with Gasteiger partial charge in [0.1, 0.15) is 30.5 Å². The van der Waals surface area contributed by atoms with Gasteiger partial charge in [-0.25, -0.2) is 0 Å². The van der Waals surface area contributed by atoms with Crippen LogP contribution >= 0.6 is 0 Å². The van der Waals surface area contributed by atoms with Crippen LogP contribution in [0.2, 0.25) is 0 Å². The van der Waals surface area contributed by atoms with Gasteiger partial charge in [-0.15, -0.1) is 13.2 Å². The molecule has 0 radical (unpaired) electrons. The van der Waals surface area contributed by atoms with Crippen LogP contribution in [0.1, 0.15) is 32.6 Å². The molecule has 11 atom stereocenters. The molecular weight excluding hydrogens is 608 g/mol. The highest BCUT2D eigenvalue weighted by Gasteiger charge is 2.55. The summed E-state index contributed by atoms with van der Waals surface area (Å²) in [5.74, 6) is -2.09. The van der Waals surface area contributed by atoms with E-state index in [2.05, 4.69) is 13.2 Å². The molecule has 0 aliphatic carbocycles. The van der Waals surface area contributed by atoms with E-state index in [4.69, 9.17) is 52.1 Å². The molecule has 3 heterocycles. The number of carbonyl (C=O) groups excluding carboxylic acids is 3. The van der Waals surface area contributed by atoms with Gasteiger partial charge in [0, 0.05) is 33.4 Å². The van der Waals surface area contributed by atoms with Gasteiger partial charge in [0.25, 0.3) is 0 Å². The van der Waals surface area contributed by atoms with Crippen LogP contribution in [-0.2, 0) is 66.5 Å². The lowest BCUT2D eigenvalue weighted by atomic mass is 9.96. The van der Waals surface area contributed by atoms with E-state index in [1.807, 2.05) is 30.3 Å². The van der Waals surface area contributed by atoms with Crippen molar-refractivity contribution in [3.63, 3.8) is 0 Å². The van der Waals surface area contributed by atoms with Crippen molar-refractivity contribution in [2.45, 2.75) is 88.5 Å². The maximum atomic E-state index is 12.2. The zero-order valence-electron chi connectivity index (χ0n) is 26.4. The highest BCUT2D eigenvalue weighted by molar-refractivity contribution is 5.68. The van der Waals surface area contributed by atoms with E-state index in [0.29, 0.717) is 0 Å². The molecule has 14 nitrogen and oxygen atoms in total. The number of methoxy groups -OCH3 is 1. The van der Waals surface area contributed by atoms with E-state index in [-0.39, 0.29) is 26.4 Å². The minimum Gasteiger partial charge on any atom is -0.456 e. The van der Waals surface area contributed by atoms with Crippen molar-refractivity contribution >= 4 is 17.9 Å². The second kappa shape index (κ2) is 17.1. The SMILES string of the molecule is C=CCO[C@@H]1[C@H](OCC=C)[C@H](OC[C@H]2O[C@H](OC)[C@H](OC(C)=O)[C@@H](OC(C)=O)[C@@H]2OC(C)=O)O[C@@H]2CO[C@@H](c3ccccc3)O[C@@H]12. The number of hydrogen-bond donors (Lipinski definition) is 0. The molecule has 254 valence electrons. The Morgan fingerprint density at radius 2 is 1.37 bits per heavy atom. The van der Waals surface area contributed by atoms with Crippen LogP contribution in [-0.4, -0.2) is 113 Å². The number of carbonyl (C=O) groups is 3. The summed E-state index contributed by atoms with van der Waals surface area (Å²) in [5, 5.41) is 0. The van der Waals surface area contributed by atoms with Crippen molar-refractivity contribution in [2.75, 3.05) is 33.5 Å². The molecule has 3 fully saturated rings. The molecule has 4 rings (SSSR count). The van der Waals surface area contributed by atoms with Crippen LogP contribution in [0.15, 0.2) is 55.6 Å². The maximum Gasteiger partial charge on any atom is 0.303 e. The molecule has 0 aromatic heterocycles. The summed E-state index contributed by atoms with van der Waals surface area (Å²) < 4.78 is 65.2. The molecule has 0 unspecified atom stereocenters. The molecule has 14 heteroatoms. The highest BCUT2D eigenvalue weighted by atomic mass is 16.8. The Bertz CT molecular complexity index is 1180. The first-order chi connectivity index (χ1) is 22.2. The summed E-state index contributed by atoms with van der Waals surface area (Å²) in [6.45, 7) is 11.3. The number of benzene rings is 1. The fourth-order valence-corrected chi connectivity index (χ4v) is 5.55. The third-order valence-electron chi connectivity index (χ3n) is 7.32. The number of hydrogen-bond acceptors (Lipinski definition) is 14. The van der Waals surface area contributed by atoms with Crippen molar-refractivity contribution in [2.24, 2.45) is 0 Å². The molecular formula is C32H42O14. The Morgan fingerprint density at radius 1 is 0.761 bits per heavy atom. The smallest absolute Gasteiger partial charge is 0.303 e. The lowest BCUT2D eigenvalue weighted by molar-refractivity contribution is -0.374. The Hall–Kier alpha value is -3.21. The number of rotatable bonds is 14. The summed E-state index contributed by atoms with van der Waals surface area (Å²) in [4.78, 5) is 36.2. The maximum absolute atomic E-state index is 12.2. The van der Waals surface area contributed by atoms with Crippen molar-refractivity contribution < 1.29 is 66.5 Å². The quantitative estimate of drug-likeness (QED) is 0.164. The van der Waals surface area contributed by atoms with Gasteiger partial charge in [0.05, 0.1) is 26.4 Å². The van der Waals surface area contributed by atoms with Crippen LogP contribution in [0.5, 0.6) is 0 Å². The lowest BCUT2D eigenvalue weighted by Crippen LogP contribution is -2.65. The molecule has 3 aliphatic rings. The minimum atomic E-state index is -1.28. The average Bonchev–Trinajstić information content (AvgIpc) is 3.03. The van der Waals surface area contributed by atoms with Gasteiger partial charge in [0.2, 0.25) is 0 Å². The molecule has 0 N–H and O–H groups in total. The van der Waals surface area contributed by atoms with Gasteiger partial charge >= 0.3 is 17.9 Å². The number of fused-ring (bicyclic) bond motifs is 1. The lowest BCUT2D eigenvalue weighted by Gasteiger charge is -2.49. The second-order valence-electron chi connectivity index (χ2n) is 10.7. The summed E-state index contributed by atoms with van der Waals surface area (Å²) >= 11 is 0. The normalized spacial score (nSPS) is 34.0. The third kappa shape index (κ3) is 8.98. The minimum absolute atomic E-state index is 0.137. The Kier molecular flexibility index (Phi) is 13.2. The van der Waals surface area contributed by atoms with Crippen LogP contribution < -0.4 is 0 Å². The molecule has 46 heavy (non-hydrogen) atoms. The number of ether oxygens (including phenoxy) is 11. The van der Waals surface area contributed by atoms with Crippen LogP contribution in [0.25, 0.3) is 0 Å². The van der Waals surface area contributed by atoms with Gasteiger partial charge in [-0.05, 0) is 0 Å². The van der Waals surface area contributed by atoms with Crippen molar-refractivity contribution in [1.82, 2.24) is 0 Å². The van der Waals surface area contributed by atoms with E-state index in [1.165, 1.54) is 27.9 Å². The van der Waals surface area contributed by atoms with Crippen LogP contribution in [0.4, 0.5) is 0 Å². The third-order valence-corrected chi connectivity index (χ3v) is 7.32. The molecule has 0 saturated carbocycles. The molecule has 0 amide bonds. The predicted octanol–water partition coefficient (Wildman–Crippen LogP) is 2.15. The van der Waals surface area contributed by atoms with Crippen molar-refractivity contribution in [3.8, 4) is 0 Å². The van der Waals surface area contributed by atoms with Crippen molar-refractivity contribution in [1.29, 1.82) is 0 Å². The van der Waals surface area contributed by atoms with E-state index < -0.39 is 85.6 Å². The summed E-state index contributed by atoms with van der Waals surface area (Å²) in [7, 11) is 1.33. The topological polar surface area (TPSA) is 153 Å². The van der Waals surface area contributed by atoms with E-state index in [9.17, 15) is 14.4 Å². The second-order valence-corrected chi connectivity index (χ2v) is 10.7. The summed E-state index contributed by atoms with van der Waals surface area (Å²) in [6.07, 6.45) is -7.31. The monoisotopic (exact) mass is 650 g/mol. The molecule has 0 bridgehead atoms. The van der Waals surface area contributed by atoms with Crippen LogP contribution in [0.3, 0.4) is 0 Å². The summed E-state index contributed by atoms with van der Waals surface area (Å²) in [5.41, 5.74) is 0.832. The molecule has 3 aliphatic heterocycles. The van der Waals surface area contributed by atoms with Crippen molar-refractivity contribution in [3.05, 3.63) is 61.2 Å². The predicted molar refractivity (Wildman–Crippen MR) is 157 cm³/mol. The van der Waals surface area contributed by atoms with Gasteiger partial charge in [-0.3, -0.25) is 14.4 Å². The average molecular weight is 651 g/mol. The van der Waals surface area contributed by atoms with E-state index in [0.717, 1.165) is 5.56 Å². The zero-order valence-corrected chi connectivity index (χ0v) is 26.4. The summed E-state index contributed by atoms with van der Waals surface area (Å²) in [6, 6.07) is 9.48. The standard InChI is InChI=1S/C32H42O14/c1-7-14-37-26-24-22(16-39-30(46-24)21-12-10-9-11-13-21)45-32(28(26)38-15-8-2)40-17-23-25(41-18(3)33)27(42-19(4)34)29(43-20(5)35)31(36-6)44-23/h7-13,22-32H,1-2,14-17H2,3-6H3/t22-,23-,24-,25-,26+,27+,28+,29-,30-,31+,32-/m1/s1. The van der Waals surface area contributed by atoms with Gasteiger partial charge < -0.3 is 52.1 Å².